The first kappa shape index (κ1) is 9.99. The second-order valence-electron chi connectivity index (χ2n) is 2.93. The molecule has 0 saturated heterocycles. The third-order valence-corrected chi connectivity index (χ3v) is 1.91. The van der Waals surface area contributed by atoms with Gasteiger partial charge in [-0.3, -0.25) is 4.98 Å². The van der Waals surface area contributed by atoms with E-state index in [9.17, 15) is 0 Å². The molecule has 0 fully saturated rings. The predicted octanol–water partition coefficient (Wildman–Crippen LogP) is 1.67. The molecule has 1 rings (SSSR count). The van der Waals surface area contributed by atoms with Crippen molar-refractivity contribution in [3.63, 3.8) is 0 Å². The molecular formula is C10H15NO2. The first-order valence-corrected chi connectivity index (χ1v) is 4.46. The Morgan fingerprint density at radius 2 is 2.23 bits per heavy atom. The van der Waals surface area contributed by atoms with Crippen molar-refractivity contribution in [2.75, 3.05) is 6.61 Å². The average Bonchev–Trinajstić information content (AvgIpc) is 2.16. The molecule has 0 aliphatic rings. The van der Waals surface area contributed by atoms with E-state index in [2.05, 4.69) is 11.9 Å². The Balaban J connectivity index is 2.81. The molecule has 0 amide bonds. The molecule has 0 unspecified atom stereocenters. The van der Waals surface area contributed by atoms with Gasteiger partial charge in [0.25, 0.3) is 0 Å². The van der Waals surface area contributed by atoms with Crippen LogP contribution in [0.4, 0.5) is 0 Å². The molecule has 1 aromatic rings. The van der Waals surface area contributed by atoms with E-state index in [4.69, 9.17) is 9.84 Å². The number of aliphatic hydroxyl groups excluding tert-OH is 1. The summed E-state index contributed by atoms with van der Waals surface area (Å²) in [6, 6.07) is 0. The van der Waals surface area contributed by atoms with Crippen LogP contribution in [0.5, 0.6) is 5.75 Å². The van der Waals surface area contributed by atoms with Gasteiger partial charge in [0.05, 0.1) is 19.4 Å². The molecule has 0 saturated carbocycles. The molecule has 3 nitrogen and oxygen atoms in total. The molecule has 0 atom stereocenters. The van der Waals surface area contributed by atoms with Crippen LogP contribution in [-0.4, -0.2) is 16.7 Å². The summed E-state index contributed by atoms with van der Waals surface area (Å²) in [7, 11) is 0. The summed E-state index contributed by atoms with van der Waals surface area (Å²) in [5.74, 6) is 0.772. The summed E-state index contributed by atoms with van der Waals surface area (Å²) in [5, 5.41) is 8.97. The second kappa shape index (κ2) is 4.82. The largest absolute Gasteiger partial charge is 0.492 e. The highest BCUT2D eigenvalue weighted by molar-refractivity contribution is 5.35. The Bertz CT molecular complexity index is 274. The van der Waals surface area contributed by atoms with Gasteiger partial charge in [-0.1, -0.05) is 6.92 Å². The van der Waals surface area contributed by atoms with E-state index in [1.54, 1.807) is 12.4 Å². The summed E-state index contributed by atoms with van der Waals surface area (Å²) < 4.78 is 5.45. The number of hydrogen-bond acceptors (Lipinski definition) is 3. The van der Waals surface area contributed by atoms with Gasteiger partial charge in [-0.05, 0) is 18.9 Å². The maximum atomic E-state index is 8.97. The lowest BCUT2D eigenvalue weighted by Gasteiger charge is -2.09. The highest BCUT2D eigenvalue weighted by Gasteiger charge is 2.03. The van der Waals surface area contributed by atoms with Crippen LogP contribution in [0.15, 0.2) is 12.4 Å². The molecule has 0 aromatic carbocycles. The Kier molecular flexibility index (Phi) is 3.71. The molecule has 13 heavy (non-hydrogen) atoms. The number of aromatic nitrogens is 1. The van der Waals surface area contributed by atoms with E-state index in [0.29, 0.717) is 6.61 Å². The van der Waals surface area contributed by atoms with Crippen molar-refractivity contribution >= 4 is 0 Å². The van der Waals surface area contributed by atoms with Crippen molar-refractivity contribution in [1.82, 2.24) is 4.98 Å². The zero-order valence-electron chi connectivity index (χ0n) is 8.08. The van der Waals surface area contributed by atoms with E-state index in [-0.39, 0.29) is 6.61 Å². The average molecular weight is 181 g/mol. The lowest BCUT2D eigenvalue weighted by molar-refractivity contribution is 0.276. The number of hydrogen-bond donors (Lipinski definition) is 1. The fraction of sp³-hybridized carbons (Fsp3) is 0.500. The van der Waals surface area contributed by atoms with Gasteiger partial charge in [-0.25, -0.2) is 0 Å². The fourth-order valence-corrected chi connectivity index (χ4v) is 1.06. The highest BCUT2D eigenvalue weighted by Crippen LogP contribution is 2.19. The Hall–Kier alpha value is -1.09. The van der Waals surface area contributed by atoms with Gasteiger partial charge in [-0.15, -0.1) is 0 Å². The molecule has 0 radical (unpaired) electrons. The molecule has 1 N–H and O–H groups in total. The molecule has 0 aliphatic carbocycles. The minimum atomic E-state index is 0.0160. The highest BCUT2D eigenvalue weighted by atomic mass is 16.5. The van der Waals surface area contributed by atoms with Crippen LogP contribution in [-0.2, 0) is 6.61 Å². The minimum absolute atomic E-state index is 0.0160. The molecule has 0 spiro atoms. The molecule has 72 valence electrons. The van der Waals surface area contributed by atoms with Crippen LogP contribution in [0.25, 0.3) is 0 Å². The molecule has 3 heteroatoms. The van der Waals surface area contributed by atoms with Crippen LogP contribution in [0.3, 0.4) is 0 Å². The van der Waals surface area contributed by atoms with Crippen LogP contribution < -0.4 is 4.74 Å². The molecular weight excluding hydrogens is 166 g/mol. The SMILES string of the molecule is CCCOc1cncc(CO)c1C. The number of rotatable bonds is 4. The number of nitrogens with zero attached hydrogens (tertiary/aromatic N) is 1. The van der Waals surface area contributed by atoms with Gasteiger partial charge in [0.2, 0.25) is 0 Å². The quantitative estimate of drug-likeness (QED) is 0.768. The second-order valence-corrected chi connectivity index (χ2v) is 2.93. The maximum Gasteiger partial charge on any atom is 0.140 e. The third-order valence-electron chi connectivity index (χ3n) is 1.91. The molecule has 1 aromatic heterocycles. The zero-order chi connectivity index (χ0) is 9.68. The summed E-state index contributed by atoms with van der Waals surface area (Å²) in [5.41, 5.74) is 1.81. The van der Waals surface area contributed by atoms with Crippen molar-refractivity contribution in [3.05, 3.63) is 23.5 Å². The normalized spacial score (nSPS) is 10.1. The van der Waals surface area contributed by atoms with Gasteiger partial charge in [-0.2, -0.15) is 0 Å². The number of pyridine rings is 1. The van der Waals surface area contributed by atoms with Gasteiger partial charge < -0.3 is 9.84 Å². The Labute approximate surface area is 78.4 Å². The van der Waals surface area contributed by atoms with Crippen molar-refractivity contribution < 1.29 is 9.84 Å². The van der Waals surface area contributed by atoms with Crippen molar-refractivity contribution in [2.24, 2.45) is 0 Å². The van der Waals surface area contributed by atoms with Gasteiger partial charge in [0.1, 0.15) is 5.75 Å². The summed E-state index contributed by atoms with van der Waals surface area (Å²) >= 11 is 0. The van der Waals surface area contributed by atoms with Crippen LogP contribution >= 0.6 is 0 Å². The zero-order valence-corrected chi connectivity index (χ0v) is 8.08. The molecule has 1 heterocycles. The Morgan fingerprint density at radius 1 is 1.46 bits per heavy atom. The van der Waals surface area contributed by atoms with E-state index >= 15 is 0 Å². The third kappa shape index (κ3) is 2.42. The van der Waals surface area contributed by atoms with Crippen LogP contribution in [0, 0.1) is 6.92 Å². The van der Waals surface area contributed by atoms with E-state index in [1.165, 1.54) is 0 Å². The van der Waals surface area contributed by atoms with Crippen molar-refractivity contribution in [1.29, 1.82) is 0 Å². The van der Waals surface area contributed by atoms with Crippen LogP contribution in [0.1, 0.15) is 24.5 Å². The van der Waals surface area contributed by atoms with E-state index in [1.807, 2.05) is 6.92 Å². The van der Waals surface area contributed by atoms with Crippen molar-refractivity contribution in [2.45, 2.75) is 26.9 Å². The summed E-state index contributed by atoms with van der Waals surface area (Å²) in [6.07, 6.45) is 4.32. The first-order chi connectivity index (χ1) is 6.29. The standard InChI is InChI=1S/C10H15NO2/c1-3-4-13-10-6-11-5-9(7-12)8(10)2/h5-6,12H,3-4,7H2,1-2H3. The van der Waals surface area contributed by atoms with Gasteiger partial charge >= 0.3 is 0 Å². The van der Waals surface area contributed by atoms with E-state index in [0.717, 1.165) is 23.3 Å². The minimum Gasteiger partial charge on any atom is -0.492 e. The fourth-order valence-electron chi connectivity index (χ4n) is 1.06. The van der Waals surface area contributed by atoms with E-state index < -0.39 is 0 Å². The maximum absolute atomic E-state index is 8.97. The monoisotopic (exact) mass is 181 g/mol. The summed E-state index contributed by atoms with van der Waals surface area (Å²) in [6.45, 7) is 4.69. The van der Waals surface area contributed by atoms with Gasteiger partial charge in [0.15, 0.2) is 0 Å². The van der Waals surface area contributed by atoms with Crippen LogP contribution in [0.2, 0.25) is 0 Å². The van der Waals surface area contributed by atoms with Crippen molar-refractivity contribution in [3.8, 4) is 5.75 Å². The number of ether oxygens (including phenoxy) is 1. The molecule has 0 bridgehead atoms. The molecule has 0 aliphatic heterocycles. The lowest BCUT2D eigenvalue weighted by atomic mass is 10.1. The first-order valence-electron chi connectivity index (χ1n) is 4.46. The smallest absolute Gasteiger partial charge is 0.140 e. The predicted molar refractivity (Wildman–Crippen MR) is 50.7 cm³/mol. The summed E-state index contributed by atoms with van der Waals surface area (Å²) in [4.78, 5) is 3.98. The topological polar surface area (TPSA) is 42.4 Å². The lowest BCUT2D eigenvalue weighted by Crippen LogP contribution is -2.00. The number of aliphatic hydroxyl groups is 1. The Morgan fingerprint density at radius 3 is 2.85 bits per heavy atom. The van der Waals surface area contributed by atoms with Gasteiger partial charge in [0, 0.05) is 11.8 Å².